The first kappa shape index (κ1) is 21.8. The molecule has 0 aliphatic heterocycles. The van der Waals surface area contributed by atoms with Crippen molar-refractivity contribution in [1.82, 2.24) is 0 Å². The third kappa shape index (κ3) is 5.37. The molecule has 0 bridgehead atoms. The van der Waals surface area contributed by atoms with Gasteiger partial charge in [-0.15, -0.1) is 11.8 Å². The van der Waals surface area contributed by atoms with Crippen LogP contribution in [0.1, 0.15) is 45.4 Å². The largest absolute Gasteiger partial charge is 0.465 e. The predicted molar refractivity (Wildman–Crippen MR) is 98.6 cm³/mol. The van der Waals surface area contributed by atoms with E-state index in [1.807, 2.05) is 12.1 Å². The molecular weight excluding hydrogens is 352 g/mol. The Balaban J connectivity index is 3.58. The van der Waals surface area contributed by atoms with Crippen molar-refractivity contribution in [3.8, 4) is 12.1 Å². The van der Waals surface area contributed by atoms with Crippen LogP contribution in [-0.2, 0) is 19.1 Å². The van der Waals surface area contributed by atoms with Crippen LogP contribution in [0.4, 0.5) is 0 Å². The fourth-order valence-electron chi connectivity index (χ4n) is 3.13. The molecule has 140 valence electrons. The number of hydrogen-bond acceptors (Lipinski definition) is 7. The van der Waals surface area contributed by atoms with Gasteiger partial charge >= 0.3 is 11.9 Å². The number of allylic oxidation sites excluding steroid dienone is 2. The molecule has 0 aromatic rings. The highest BCUT2D eigenvalue weighted by Crippen LogP contribution is 2.40. The first-order valence-electron chi connectivity index (χ1n) is 8.62. The summed E-state index contributed by atoms with van der Waals surface area (Å²) >= 11 is 1.29. The average molecular weight is 376 g/mol. The summed E-state index contributed by atoms with van der Waals surface area (Å²) < 4.78 is 9.77. The fraction of sp³-hybridized carbons (Fsp3) is 0.579. The average Bonchev–Trinajstić information content (AvgIpc) is 2.62. The molecular formula is C19H24N2O4S. The van der Waals surface area contributed by atoms with Crippen molar-refractivity contribution in [3.63, 3.8) is 0 Å². The van der Waals surface area contributed by atoms with Crippen LogP contribution < -0.4 is 0 Å². The highest BCUT2D eigenvalue weighted by molar-refractivity contribution is 8.02. The van der Waals surface area contributed by atoms with Gasteiger partial charge in [0.15, 0.2) is 0 Å². The quantitative estimate of drug-likeness (QED) is 0.410. The molecule has 0 radical (unpaired) electrons. The second-order valence-corrected chi connectivity index (χ2v) is 6.63. The maximum Gasteiger partial charge on any atom is 0.349 e. The Labute approximate surface area is 158 Å². The third-order valence-corrected chi connectivity index (χ3v) is 5.23. The minimum Gasteiger partial charge on any atom is -0.465 e. The Morgan fingerprint density at radius 3 is 2.38 bits per heavy atom. The van der Waals surface area contributed by atoms with Gasteiger partial charge in [-0.3, -0.25) is 0 Å². The number of carbonyl (C=O) groups is 2. The topological polar surface area (TPSA) is 100 Å². The first-order valence-corrected chi connectivity index (χ1v) is 9.84. The molecule has 1 atom stereocenters. The molecule has 0 spiro atoms. The third-order valence-electron chi connectivity index (χ3n) is 4.31. The van der Waals surface area contributed by atoms with Crippen molar-refractivity contribution in [2.24, 2.45) is 5.92 Å². The number of rotatable bonds is 5. The molecule has 0 aromatic carbocycles. The van der Waals surface area contributed by atoms with Crippen LogP contribution in [0, 0.1) is 28.6 Å². The van der Waals surface area contributed by atoms with E-state index in [4.69, 9.17) is 9.47 Å². The maximum absolute atomic E-state index is 12.2. The van der Waals surface area contributed by atoms with Gasteiger partial charge in [-0.1, -0.05) is 19.3 Å². The number of hydrogen-bond donors (Lipinski definition) is 0. The molecule has 1 aliphatic rings. The highest BCUT2D eigenvalue weighted by atomic mass is 32.2. The highest BCUT2D eigenvalue weighted by Gasteiger charge is 2.30. The van der Waals surface area contributed by atoms with Gasteiger partial charge in [0, 0.05) is 10.8 Å². The minimum atomic E-state index is -0.678. The van der Waals surface area contributed by atoms with Crippen LogP contribution >= 0.6 is 11.8 Å². The van der Waals surface area contributed by atoms with Crippen molar-refractivity contribution >= 4 is 23.7 Å². The Morgan fingerprint density at radius 1 is 1.15 bits per heavy atom. The number of thioether (sulfide) groups is 1. The summed E-state index contributed by atoms with van der Waals surface area (Å²) in [7, 11) is 1.24. The molecule has 1 saturated carbocycles. The number of carbonyl (C=O) groups excluding carboxylic acids is 2. The van der Waals surface area contributed by atoms with E-state index in [9.17, 15) is 20.1 Å². The van der Waals surface area contributed by atoms with Gasteiger partial charge in [0.1, 0.15) is 23.3 Å². The zero-order valence-corrected chi connectivity index (χ0v) is 16.3. The SMILES string of the molecule is CCOC(=O)C(C#N)=C(SC)C1CCCCCCC1=C(C#N)C(=O)OC. The molecule has 0 saturated heterocycles. The summed E-state index contributed by atoms with van der Waals surface area (Å²) in [6.45, 7) is 1.85. The van der Waals surface area contributed by atoms with Crippen LogP contribution in [0.2, 0.25) is 0 Å². The van der Waals surface area contributed by atoms with E-state index in [0.29, 0.717) is 23.3 Å². The monoisotopic (exact) mass is 376 g/mol. The van der Waals surface area contributed by atoms with Crippen molar-refractivity contribution in [2.75, 3.05) is 20.0 Å². The van der Waals surface area contributed by atoms with Crippen molar-refractivity contribution in [1.29, 1.82) is 10.5 Å². The molecule has 0 amide bonds. The standard InChI is InChI=1S/C19H24N2O4S/c1-4-25-19(23)16(12-21)17(26-3)14-10-8-6-5-7-9-13(14)15(11-20)18(22)24-2/h14H,4-10H2,1-3H3. The second-order valence-electron chi connectivity index (χ2n) is 5.78. The number of esters is 2. The lowest BCUT2D eigenvalue weighted by atomic mass is 9.82. The van der Waals surface area contributed by atoms with E-state index in [-0.39, 0.29) is 23.7 Å². The van der Waals surface area contributed by atoms with Crippen molar-refractivity contribution in [2.45, 2.75) is 45.4 Å². The van der Waals surface area contributed by atoms with Gasteiger partial charge in [0.2, 0.25) is 0 Å². The zero-order valence-electron chi connectivity index (χ0n) is 15.5. The molecule has 1 unspecified atom stereocenters. The molecule has 0 aromatic heterocycles. The van der Waals surface area contributed by atoms with Crippen molar-refractivity contribution < 1.29 is 19.1 Å². The smallest absolute Gasteiger partial charge is 0.349 e. The van der Waals surface area contributed by atoms with Crippen LogP contribution in [-0.4, -0.2) is 31.9 Å². The van der Waals surface area contributed by atoms with E-state index < -0.39 is 11.9 Å². The predicted octanol–water partition coefficient (Wildman–Crippen LogP) is 3.65. The van der Waals surface area contributed by atoms with E-state index in [0.717, 1.165) is 25.7 Å². The molecule has 26 heavy (non-hydrogen) atoms. The summed E-state index contributed by atoms with van der Waals surface area (Å²) in [6.07, 6.45) is 6.79. The normalized spacial score (nSPS) is 20.4. The van der Waals surface area contributed by atoms with Crippen LogP contribution in [0.3, 0.4) is 0 Å². The first-order chi connectivity index (χ1) is 12.5. The Morgan fingerprint density at radius 2 is 1.85 bits per heavy atom. The number of methoxy groups -OCH3 is 1. The van der Waals surface area contributed by atoms with E-state index in [1.54, 1.807) is 13.2 Å². The summed E-state index contributed by atoms with van der Waals surface area (Å²) in [5.41, 5.74) is 0.581. The van der Waals surface area contributed by atoms with Gasteiger partial charge in [0.25, 0.3) is 0 Å². The van der Waals surface area contributed by atoms with Gasteiger partial charge < -0.3 is 9.47 Å². The van der Waals surface area contributed by atoms with Gasteiger partial charge in [-0.05, 0) is 38.0 Å². The van der Waals surface area contributed by atoms with Crippen LogP contribution in [0.5, 0.6) is 0 Å². The maximum atomic E-state index is 12.2. The molecule has 7 heteroatoms. The minimum absolute atomic E-state index is 0.0212. The van der Waals surface area contributed by atoms with E-state index in [2.05, 4.69) is 0 Å². The Kier molecular flexibility index (Phi) is 9.54. The van der Waals surface area contributed by atoms with Crippen LogP contribution in [0.25, 0.3) is 0 Å². The number of nitrogens with zero attached hydrogens (tertiary/aromatic N) is 2. The van der Waals surface area contributed by atoms with E-state index >= 15 is 0 Å². The van der Waals surface area contributed by atoms with Gasteiger partial charge in [-0.2, -0.15) is 10.5 Å². The van der Waals surface area contributed by atoms with Gasteiger partial charge in [-0.25, -0.2) is 9.59 Å². The summed E-state index contributed by atoms with van der Waals surface area (Å²) in [6, 6.07) is 3.92. The number of ether oxygens (including phenoxy) is 2. The lowest BCUT2D eigenvalue weighted by Crippen LogP contribution is -2.19. The van der Waals surface area contributed by atoms with Gasteiger partial charge in [0.05, 0.1) is 13.7 Å². The number of nitriles is 2. The van der Waals surface area contributed by atoms with Crippen molar-refractivity contribution in [3.05, 3.63) is 21.6 Å². The lowest BCUT2D eigenvalue weighted by molar-refractivity contribution is -0.138. The Hall–Kier alpha value is -2.25. The zero-order chi connectivity index (χ0) is 19.5. The molecule has 1 aliphatic carbocycles. The fourth-order valence-corrected chi connectivity index (χ4v) is 4.01. The second kappa shape index (κ2) is 11.4. The molecule has 0 heterocycles. The van der Waals surface area contributed by atoms with Crippen LogP contribution in [0.15, 0.2) is 21.6 Å². The summed E-state index contributed by atoms with van der Waals surface area (Å²) in [5, 5.41) is 19.0. The van der Waals surface area contributed by atoms with E-state index in [1.165, 1.54) is 18.9 Å². The molecule has 6 nitrogen and oxygen atoms in total. The lowest BCUT2D eigenvalue weighted by Gasteiger charge is -2.26. The summed E-state index contributed by atoms with van der Waals surface area (Å²) in [5.74, 6) is -1.68. The molecule has 1 rings (SSSR count). The molecule has 0 N–H and O–H groups in total. The Bertz CT molecular complexity index is 683. The molecule has 1 fully saturated rings. The summed E-state index contributed by atoms with van der Waals surface area (Å²) in [4.78, 5) is 24.9.